The molecule has 3 unspecified atom stereocenters. The van der Waals surface area contributed by atoms with Crippen LogP contribution in [0, 0.1) is 11.8 Å². The molecule has 0 spiro atoms. The highest BCUT2D eigenvalue weighted by atomic mass is 19.3. The summed E-state index contributed by atoms with van der Waals surface area (Å²) in [5.41, 5.74) is 6.98. The fraction of sp³-hybridized carbons (Fsp3) is 0.708. The molecule has 3 aliphatic carbocycles. The Kier molecular flexibility index (Phi) is 5.97. The van der Waals surface area contributed by atoms with Crippen molar-refractivity contribution in [3.8, 4) is 0 Å². The average molecular weight is 405 g/mol. The summed E-state index contributed by atoms with van der Waals surface area (Å²) in [6.07, 6.45) is 7.63. The fourth-order valence-corrected chi connectivity index (χ4v) is 6.15. The third-order valence-corrected chi connectivity index (χ3v) is 7.81. The Morgan fingerprint density at radius 3 is 2.52 bits per heavy atom. The predicted octanol–water partition coefficient (Wildman–Crippen LogP) is 4.94. The second-order valence-electron chi connectivity index (χ2n) is 9.73. The summed E-state index contributed by atoms with van der Waals surface area (Å²) in [5.74, 6) is -4.02. The zero-order valence-electron chi connectivity index (χ0n) is 17.2. The molecular weight excluding hydrogens is 370 g/mol. The molecule has 3 saturated carbocycles. The SMILES string of the molecule is N[C@H]1CC[C@H](NC(=O)CCC2CC3(c4ccccc4)CCCC(C3)C2(F)F)CC1. The summed E-state index contributed by atoms with van der Waals surface area (Å²) in [6, 6.07) is 10.6. The highest BCUT2D eigenvalue weighted by Crippen LogP contribution is 2.58. The van der Waals surface area contributed by atoms with Crippen molar-refractivity contribution in [1.82, 2.24) is 5.32 Å². The summed E-state index contributed by atoms with van der Waals surface area (Å²) >= 11 is 0. The van der Waals surface area contributed by atoms with E-state index in [4.69, 9.17) is 5.73 Å². The van der Waals surface area contributed by atoms with Gasteiger partial charge in [0, 0.05) is 30.3 Å². The van der Waals surface area contributed by atoms with Crippen molar-refractivity contribution in [1.29, 1.82) is 0 Å². The van der Waals surface area contributed by atoms with Crippen molar-refractivity contribution in [2.75, 3.05) is 0 Å². The number of nitrogens with two attached hydrogens (primary N) is 1. The summed E-state index contributed by atoms with van der Waals surface area (Å²) in [4.78, 5) is 12.5. The minimum Gasteiger partial charge on any atom is -0.353 e. The minimum absolute atomic E-state index is 0.0780. The second kappa shape index (κ2) is 8.33. The Morgan fingerprint density at radius 2 is 1.79 bits per heavy atom. The Balaban J connectivity index is 1.41. The Morgan fingerprint density at radius 1 is 1.07 bits per heavy atom. The number of fused-ring (bicyclic) bond motifs is 2. The van der Waals surface area contributed by atoms with Crippen molar-refractivity contribution in [3.05, 3.63) is 35.9 Å². The van der Waals surface area contributed by atoms with E-state index < -0.39 is 17.8 Å². The molecule has 3 N–H and O–H groups in total. The predicted molar refractivity (Wildman–Crippen MR) is 111 cm³/mol. The zero-order valence-corrected chi connectivity index (χ0v) is 17.2. The molecular formula is C24H34F2N2O. The standard InChI is InChI=1S/C24H34F2N2O/c25-24(26)18-7-4-14-23(15-18,17-5-2-1-3-6-17)16-19(24)8-13-22(29)28-21-11-9-20(27)10-12-21/h1-3,5-6,18-21H,4,7-16,27H2,(H,28,29)/t18?,19?,20-,21-,23?. The van der Waals surface area contributed by atoms with Crippen LogP contribution in [-0.4, -0.2) is 23.9 Å². The highest BCUT2D eigenvalue weighted by Gasteiger charge is 2.58. The molecule has 160 valence electrons. The number of nitrogens with one attached hydrogen (secondary N) is 1. The third kappa shape index (κ3) is 4.35. The zero-order chi connectivity index (χ0) is 20.5. The quantitative estimate of drug-likeness (QED) is 0.731. The molecule has 2 bridgehead atoms. The van der Waals surface area contributed by atoms with E-state index in [2.05, 4.69) is 17.4 Å². The lowest BCUT2D eigenvalue weighted by Gasteiger charge is -2.52. The van der Waals surface area contributed by atoms with E-state index in [1.54, 1.807) is 0 Å². The van der Waals surface area contributed by atoms with Crippen LogP contribution in [0.4, 0.5) is 8.78 Å². The molecule has 0 aliphatic heterocycles. The molecule has 4 rings (SSSR count). The van der Waals surface area contributed by atoms with Crippen molar-refractivity contribution < 1.29 is 13.6 Å². The van der Waals surface area contributed by atoms with Gasteiger partial charge in [-0.3, -0.25) is 4.79 Å². The van der Waals surface area contributed by atoms with Gasteiger partial charge in [0.2, 0.25) is 5.91 Å². The second-order valence-corrected chi connectivity index (χ2v) is 9.73. The molecule has 3 nitrogen and oxygen atoms in total. The topological polar surface area (TPSA) is 55.1 Å². The van der Waals surface area contributed by atoms with Crippen molar-refractivity contribution in [2.45, 2.75) is 94.1 Å². The van der Waals surface area contributed by atoms with E-state index in [9.17, 15) is 4.79 Å². The molecule has 5 heteroatoms. The van der Waals surface area contributed by atoms with Crippen LogP contribution in [0.2, 0.25) is 0 Å². The van der Waals surface area contributed by atoms with Gasteiger partial charge >= 0.3 is 0 Å². The largest absolute Gasteiger partial charge is 0.353 e. The van der Waals surface area contributed by atoms with Gasteiger partial charge in [0.05, 0.1) is 0 Å². The van der Waals surface area contributed by atoms with E-state index in [1.807, 2.05) is 18.2 Å². The molecule has 1 aromatic rings. The number of halogens is 2. The van der Waals surface area contributed by atoms with Gasteiger partial charge in [0.25, 0.3) is 5.92 Å². The van der Waals surface area contributed by atoms with Crippen LogP contribution in [0.3, 0.4) is 0 Å². The normalized spacial score (nSPS) is 36.4. The first-order chi connectivity index (χ1) is 13.9. The number of alkyl halides is 2. The van der Waals surface area contributed by atoms with Crippen LogP contribution in [0.1, 0.15) is 76.2 Å². The fourth-order valence-electron chi connectivity index (χ4n) is 6.15. The van der Waals surface area contributed by atoms with Crippen LogP contribution in [0.15, 0.2) is 30.3 Å². The van der Waals surface area contributed by atoms with E-state index >= 15 is 8.78 Å². The first-order valence-electron chi connectivity index (χ1n) is 11.4. The maximum absolute atomic E-state index is 15.2. The summed E-state index contributed by atoms with van der Waals surface area (Å²) < 4.78 is 30.5. The lowest BCUT2D eigenvalue weighted by molar-refractivity contribution is -0.166. The van der Waals surface area contributed by atoms with E-state index in [-0.39, 0.29) is 36.2 Å². The molecule has 0 aromatic heterocycles. The Labute approximate surface area is 172 Å². The number of hydrogen-bond donors (Lipinski definition) is 2. The van der Waals surface area contributed by atoms with Crippen LogP contribution in [0.25, 0.3) is 0 Å². The van der Waals surface area contributed by atoms with Crippen molar-refractivity contribution >= 4 is 5.91 Å². The monoisotopic (exact) mass is 404 g/mol. The maximum atomic E-state index is 15.2. The first-order valence-corrected chi connectivity index (χ1v) is 11.4. The van der Waals surface area contributed by atoms with Crippen LogP contribution in [-0.2, 0) is 10.2 Å². The van der Waals surface area contributed by atoms with Gasteiger partial charge in [-0.05, 0) is 68.8 Å². The number of benzene rings is 1. The first kappa shape index (κ1) is 20.8. The van der Waals surface area contributed by atoms with Gasteiger partial charge in [-0.25, -0.2) is 8.78 Å². The van der Waals surface area contributed by atoms with Gasteiger partial charge in [-0.15, -0.1) is 0 Å². The minimum atomic E-state index is -2.67. The number of hydrogen-bond acceptors (Lipinski definition) is 2. The van der Waals surface area contributed by atoms with Crippen LogP contribution >= 0.6 is 0 Å². The van der Waals surface area contributed by atoms with Gasteiger partial charge in [0.15, 0.2) is 0 Å². The van der Waals surface area contributed by atoms with E-state index in [0.717, 1.165) is 38.5 Å². The van der Waals surface area contributed by atoms with Crippen LogP contribution < -0.4 is 11.1 Å². The molecule has 0 radical (unpaired) electrons. The summed E-state index contributed by atoms with van der Waals surface area (Å²) in [5, 5.41) is 3.06. The van der Waals surface area contributed by atoms with Crippen LogP contribution in [0.5, 0.6) is 0 Å². The van der Waals surface area contributed by atoms with Gasteiger partial charge in [0.1, 0.15) is 0 Å². The number of amides is 1. The van der Waals surface area contributed by atoms with Gasteiger partial charge in [-0.2, -0.15) is 0 Å². The summed E-state index contributed by atoms with van der Waals surface area (Å²) in [6.45, 7) is 0. The molecule has 1 amide bonds. The molecule has 0 heterocycles. The van der Waals surface area contributed by atoms with E-state index in [1.165, 1.54) is 5.56 Å². The summed E-state index contributed by atoms with van der Waals surface area (Å²) in [7, 11) is 0. The lowest BCUT2D eigenvalue weighted by atomic mass is 9.54. The maximum Gasteiger partial charge on any atom is 0.253 e. The molecule has 1 aromatic carbocycles. The van der Waals surface area contributed by atoms with Gasteiger partial charge in [-0.1, -0.05) is 36.8 Å². The van der Waals surface area contributed by atoms with Gasteiger partial charge < -0.3 is 11.1 Å². The number of rotatable bonds is 5. The van der Waals surface area contributed by atoms with Crippen molar-refractivity contribution in [2.24, 2.45) is 17.6 Å². The van der Waals surface area contributed by atoms with E-state index in [0.29, 0.717) is 19.3 Å². The highest BCUT2D eigenvalue weighted by molar-refractivity contribution is 5.76. The van der Waals surface area contributed by atoms with Crippen molar-refractivity contribution in [3.63, 3.8) is 0 Å². The number of carbonyl (C=O) groups excluding carboxylic acids is 1. The molecule has 3 aliphatic rings. The molecule has 3 atom stereocenters. The molecule has 29 heavy (non-hydrogen) atoms. The Hall–Kier alpha value is -1.49. The average Bonchev–Trinajstić information content (AvgIpc) is 2.73. The smallest absolute Gasteiger partial charge is 0.253 e. The molecule has 0 saturated heterocycles. The third-order valence-electron chi connectivity index (χ3n) is 7.81. The lowest BCUT2D eigenvalue weighted by Crippen LogP contribution is -2.52. The Bertz CT molecular complexity index is 702. The molecule has 3 fully saturated rings. The number of carbonyl (C=O) groups is 1.